The lowest BCUT2D eigenvalue weighted by Gasteiger charge is -2.13. The van der Waals surface area contributed by atoms with Crippen molar-refractivity contribution in [2.45, 2.75) is 6.92 Å². The number of nitro benzene ring substituents is 1. The van der Waals surface area contributed by atoms with Crippen LogP contribution in [0.1, 0.15) is 11.1 Å². The summed E-state index contributed by atoms with van der Waals surface area (Å²) in [5.74, 6) is -1.79. The number of hydrogen-bond donors (Lipinski definition) is 2. The lowest BCUT2D eigenvalue weighted by Crippen LogP contribution is -2.36. The highest BCUT2D eigenvalue weighted by Gasteiger charge is 2.36. The molecule has 0 radical (unpaired) electrons. The molecular weight excluding hydrogens is 434 g/mol. The second-order valence-corrected chi connectivity index (χ2v) is 7.71. The molecule has 0 atom stereocenters. The van der Waals surface area contributed by atoms with Gasteiger partial charge in [-0.15, -0.1) is 0 Å². The van der Waals surface area contributed by atoms with E-state index in [-0.39, 0.29) is 10.5 Å². The van der Waals surface area contributed by atoms with E-state index < -0.39 is 40.0 Å². The Hall–Kier alpha value is -3.37. The molecule has 2 N–H and O–H groups in total. The van der Waals surface area contributed by atoms with Gasteiger partial charge in [-0.25, -0.2) is 0 Å². The number of halogens is 1. The number of carbonyl (C=O) groups is 3. The number of amides is 3. The highest BCUT2D eigenvalue weighted by atomic mass is 35.5. The molecule has 1 aliphatic rings. The Labute approximate surface area is 179 Å². The van der Waals surface area contributed by atoms with Crippen LogP contribution in [0.25, 0.3) is 6.08 Å². The number of benzene rings is 2. The van der Waals surface area contributed by atoms with E-state index in [0.29, 0.717) is 22.5 Å². The second kappa shape index (κ2) is 8.56. The zero-order valence-corrected chi connectivity index (χ0v) is 17.0. The zero-order chi connectivity index (χ0) is 22.0. The Balaban J connectivity index is 1.75. The number of nitrogens with one attached hydrogen (secondary N) is 1. The molecule has 0 bridgehead atoms. The van der Waals surface area contributed by atoms with Crippen molar-refractivity contribution in [3.63, 3.8) is 0 Å². The third-order valence-electron chi connectivity index (χ3n) is 4.14. The minimum absolute atomic E-state index is 0.00623. The predicted octanol–water partition coefficient (Wildman–Crippen LogP) is 3.94. The number of phenols is 1. The van der Waals surface area contributed by atoms with E-state index in [0.717, 1.165) is 22.6 Å². The van der Waals surface area contributed by atoms with Crippen LogP contribution in [-0.4, -0.2) is 38.5 Å². The molecule has 2 aromatic carbocycles. The van der Waals surface area contributed by atoms with Crippen molar-refractivity contribution in [2.75, 3.05) is 11.9 Å². The van der Waals surface area contributed by atoms with Crippen LogP contribution in [0.3, 0.4) is 0 Å². The van der Waals surface area contributed by atoms with Crippen LogP contribution in [-0.2, 0) is 9.59 Å². The Kier molecular flexibility index (Phi) is 6.09. The van der Waals surface area contributed by atoms with Crippen LogP contribution in [0.5, 0.6) is 5.75 Å². The number of anilines is 1. The first-order valence-corrected chi connectivity index (χ1v) is 9.64. The molecule has 3 rings (SSSR count). The fourth-order valence-electron chi connectivity index (χ4n) is 2.63. The summed E-state index contributed by atoms with van der Waals surface area (Å²) >= 11 is 6.53. The fraction of sp³-hybridized carbons (Fsp3) is 0.105. The van der Waals surface area contributed by atoms with Crippen molar-refractivity contribution >= 4 is 57.9 Å². The van der Waals surface area contributed by atoms with Gasteiger partial charge in [0.1, 0.15) is 6.54 Å². The summed E-state index contributed by atoms with van der Waals surface area (Å²) in [4.78, 5) is 48.0. The number of carbonyl (C=O) groups excluding carboxylic acids is 3. The average molecular weight is 448 g/mol. The number of nitro groups is 1. The van der Waals surface area contributed by atoms with Crippen molar-refractivity contribution in [2.24, 2.45) is 0 Å². The van der Waals surface area contributed by atoms with Gasteiger partial charge in [-0.05, 0) is 54.1 Å². The number of rotatable bonds is 5. The maximum absolute atomic E-state index is 12.5. The summed E-state index contributed by atoms with van der Waals surface area (Å²) in [7, 11) is 0. The Bertz CT molecular complexity index is 1120. The lowest BCUT2D eigenvalue weighted by molar-refractivity contribution is -0.385. The van der Waals surface area contributed by atoms with E-state index in [1.807, 2.05) is 0 Å². The summed E-state index contributed by atoms with van der Waals surface area (Å²) < 4.78 is 0. The smallest absolute Gasteiger partial charge is 0.311 e. The van der Waals surface area contributed by atoms with E-state index in [2.05, 4.69) is 5.32 Å². The molecule has 1 fully saturated rings. The first kappa shape index (κ1) is 21.3. The SMILES string of the molecule is Cc1ccc(Cl)cc1NC(=O)CN1C(=O)S/C(=C/c2ccc(O)c([N+](=O)[O-])c2)C1=O. The minimum atomic E-state index is -0.763. The third kappa shape index (κ3) is 4.61. The van der Waals surface area contributed by atoms with Crippen molar-refractivity contribution in [3.05, 3.63) is 67.6 Å². The normalized spacial score (nSPS) is 15.0. The van der Waals surface area contributed by atoms with Gasteiger partial charge in [-0.3, -0.25) is 29.4 Å². The average Bonchev–Trinajstić information content (AvgIpc) is 2.93. The third-order valence-corrected chi connectivity index (χ3v) is 5.29. The van der Waals surface area contributed by atoms with Crippen molar-refractivity contribution in [1.29, 1.82) is 0 Å². The fourth-order valence-corrected chi connectivity index (χ4v) is 3.64. The number of phenolic OH excluding ortho intramolecular Hbond substituents is 1. The Morgan fingerprint density at radius 3 is 2.73 bits per heavy atom. The number of aromatic hydroxyl groups is 1. The number of hydrogen-bond acceptors (Lipinski definition) is 7. The van der Waals surface area contributed by atoms with Crippen molar-refractivity contribution < 1.29 is 24.4 Å². The molecule has 11 heteroatoms. The molecular formula is C19H14ClN3O6S. The molecule has 1 heterocycles. The first-order chi connectivity index (χ1) is 14.2. The summed E-state index contributed by atoms with van der Waals surface area (Å²) in [6.45, 7) is 1.27. The van der Waals surface area contributed by atoms with Gasteiger partial charge in [0.05, 0.1) is 9.83 Å². The molecule has 9 nitrogen and oxygen atoms in total. The van der Waals surface area contributed by atoms with Crippen LogP contribution < -0.4 is 5.32 Å². The highest BCUT2D eigenvalue weighted by molar-refractivity contribution is 8.18. The molecule has 154 valence electrons. The van der Waals surface area contributed by atoms with Crippen LogP contribution in [0, 0.1) is 17.0 Å². The molecule has 0 spiro atoms. The molecule has 3 amide bonds. The van der Waals surface area contributed by atoms with Gasteiger partial charge in [0, 0.05) is 16.8 Å². The zero-order valence-electron chi connectivity index (χ0n) is 15.4. The van der Waals surface area contributed by atoms with Crippen molar-refractivity contribution in [3.8, 4) is 5.75 Å². The van der Waals surface area contributed by atoms with E-state index in [4.69, 9.17) is 11.6 Å². The van der Waals surface area contributed by atoms with Crippen LogP contribution in [0.4, 0.5) is 16.2 Å². The predicted molar refractivity (Wildman–Crippen MR) is 112 cm³/mol. The van der Waals surface area contributed by atoms with Gasteiger partial charge in [-0.1, -0.05) is 23.7 Å². The lowest BCUT2D eigenvalue weighted by atomic mass is 10.1. The molecule has 0 unspecified atom stereocenters. The second-order valence-electron chi connectivity index (χ2n) is 6.28. The van der Waals surface area contributed by atoms with E-state index in [9.17, 15) is 29.6 Å². The molecule has 0 aliphatic carbocycles. The molecule has 0 saturated carbocycles. The van der Waals surface area contributed by atoms with Crippen molar-refractivity contribution in [1.82, 2.24) is 4.90 Å². The summed E-state index contributed by atoms with van der Waals surface area (Å²) in [5.41, 5.74) is 0.949. The summed E-state index contributed by atoms with van der Waals surface area (Å²) in [5, 5.41) is 22.8. The van der Waals surface area contributed by atoms with Gasteiger partial charge in [0.2, 0.25) is 5.91 Å². The van der Waals surface area contributed by atoms with Crippen LogP contribution in [0.2, 0.25) is 5.02 Å². The summed E-state index contributed by atoms with van der Waals surface area (Å²) in [6.07, 6.45) is 1.29. The minimum Gasteiger partial charge on any atom is -0.502 e. The topological polar surface area (TPSA) is 130 Å². The highest BCUT2D eigenvalue weighted by Crippen LogP contribution is 2.34. The van der Waals surface area contributed by atoms with E-state index in [1.165, 1.54) is 12.1 Å². The van der Waals surface area contributed by atoms with Gasteiger partial charge in [0.25, 0.3) is 11.1 Å². The number of thioether (sulfide) groups is 1. The standard InChI is InChI=1S/C19H14ClN3O6S/c1-10-2-4-12(20)8-13(10)21-17(25)9-22-18(26)16(30-19(22)27)7-11-3-5-15(24)14(6-11)23(28)29/h2-8,24H,9H2,1H3,(H,21,25)/b16-7+. The molecule has 2 aromatic rings. The van der Waals surface area contributed by atoms with E-state index >= 15 is 0 Å². The van der Waals surface area contributed by atoms with Gasteiger partial charge < -0.3 is 10.4 Å². The molecule has 0 aromatic heterocycles. The van der Waals surface area contributed by atoms with Crippen LogP contribution >= 0.6 is 23.4 Å². The Morgan fingerprint density at radius 2 is 2.03 bits per heavy atom. The maximum Gasteiger partial charge on any atom is 0.311 e. The maximum atomic E-state index is 12.5. The Morgan fingerprint density at radius 1 is 1.30 bits per heavy atom. The summed E-state index contributed by atoms with van der Waals surface area (Å²) in [6, 6.07) is 8.51. The number of aryl methyl sites for hydroxylation is 1. The first-order valence-electron chi connectivity index (χ1n) is 8.44. The van der Waals surface area contributed by atoms with Crippen LogP contribution in [0.15, 0.2) is 41.3 Å². The largest absolute Gasteiger partial charge is 0.502 e. The van der Waals surface area contributed by atoms with Gasteiger partial charge >= 0.3 is 5.69 Å². The quantitative estimate of drug-likeness (QED) is 0.403. The number of imide groups is 1. The molecule has 30 heavy (non-hydrogen) atoms. The van der Waals surface area contributed by atoms with Gasteiger partial charge in [-0.2, -0.15) is 0 Å². The van der Waals surface area contributed by atoms with E-state index in [1.54, 1.807) is 25.1 Å². The monoisotopic (exact) mass is 447 g/mol. The molecule has 1 aliphatic heterocycles. The number of nitrogens with zero attached hydrogens (tertiary/aromatic N) is 2. The van der Waals surface area contributed by atoms with Gasteiger partial charge in [0.15, 0.2) is 5.75 Å². The molecule has 1 saturated heterocycles.